The fraction of sp³-hybridized carbons (Fsp3) is 0.154. The summed E-state index contributed by atoms with van der Waals surface area (Å²) in [5, 5.41) is 1.02. The molecule has 0 unspecified atom stereocenters. The quantitative estimate of drug-likeness (QED) is 0.816. The van der Waals surface area contributed by atoms with Gasteiger partial charge in [-0.1, -0.05) is 35.3 Å². The van der Waals surface area contributed by atoms with Gasteiger partial charge in [-0.25, -0.2) is 0 Å². The Balaban J connectivity index is 2.34. The van der Waals surface area contributed by atoms with Crippen molar-refractivity contribution >= 4 is 23.2 Å². The molecule has 2 rings (SSSR count). The molecule has 0 aliphatic rings. The lowest BCUT2D eigenvalue weighted by Crippen LogP contribution is -2.19. The van der Waals surface area contributed by atoms with E-state index in [1.807, 2.05) is 19.2 Å². The molecule has 2 nitrogen and oxygen atoms in total. The molecule has 0 radical (unpaired) electrons. The lowest BCUT2D eigenvalue weighted by molar-refractivity contribution is 0.754. The summed E-state index contributed by atoms with van der Waals surface area (Å²) < 4.78 is 1.65. The maximum Gasteiger partial charge on any atom is 0.250 e. The second kappa shape index (κ2) is 4.94. The van der Waals surface area contributed by atoms with Crippen LogP contribution in [0.5, 0.6) is 0 Å². The summed E-state index contributed by atoms with van der Waals surface area (Å²) in [6, 6.07) is 8.74. The van der Waals surface area contributed by atoms with Gasteiger partial charge in [-0.2, -0.15) is 0 Å². The van der Waals surface area contributed by atoms with Crippen molar-refractivity contribution in [2.75, 3.05) is 0 Å². The Bertz CT molecular complexity index is 605. The van der Waals surface area contributed by atoms with Crippen molar-refractivity contribution in [2.45, 2.75) is 13.5 Å². The highest BCUT2D eigenvalue weighted by Crippen LogP contribution is 2.22. The van der Waals surface area contributed by atoms with Gasteiger partial charge >= 0.3 is 0 Å². The molecule has 0 N–H and O–H groups in total. The van der Waals surface area contributed by atoms with Crippen molar-refractivity contribution in [2.24, 2.45) is 0 Å². The summed E-state index contributed by atoms with van der Waals surface area (Å²) in [7, 11) is 0. The first-order chi connectivity index (χ1) is 8.06. The topological polar surface area (TPSA) is 22.0 Å². The van der Waals surface area contributed by atoms with E-state index in [4.69, 9.17) is 23.2 Å². The minimum absolute atomic E-state index is 0.0262. The number of hydrogen-bond acceptors (Lipinski definition) is 1. The van der Waals surface area contributed by atoms with E-state index in [0.29, 0.717) is 16.6 Å². The predicted molar refractivity (Wildman–Crippen MR) is 71.0 cm³/mol. The normalized spacial score (nSPS) is 10.5. The molecule has 0 saturated carbocycles. The van der Waals surface area contributed by atoms with Crippen LogP contribution < -0.4 is 5.56 Å². The van der Waals surface area contributed by atoms with Crippen LogP contribution in [0.2, 0.25) is 10.0 Å². The van der Waals surface area contributed by atoms with Crippen LogP contribution >= 0.6 is 23.2 Å². The van der Waals surface area contributed by atoms with E-state index in [1.165, 1.54) is 0 Å². The second-order valence-corrected chi connectivity index (χ2v) is 4.74. The van der Waals surface area contributed by atoms with Crippen LogP contribution in [0.25, 0.3) is 0 Å². The largest absolute Gasteiger partial charge is 0.311 e. The molecule has 0 amide bonds. The van der Waals surface area contributed by atoms with Crippen molar-refractivity contribution in [3.05, 3.63) is 68.1 Å². The fourth-order valence-corrected chi connectivity index (χ4v) is 1.93. The van der Waals surface area contributed by atoms with Crippen LogP contribution in [0.4, 0.5) is 0 Å². The molecular weight excluding hydrogens is 257 g/mol. The van der Waals surface area contributed by atoms with Crippen LogP contribution in [-0.4, -0.2) is 4.57 Å². The zero-order valence-electron chi connectivity index (χ0n) is 9.28. The molecule has 17 heavy (non-hydrogen) atoms. The zero-order valence-corrected chi connectivity index (χ0v) is 10.8. The molecule has 1 heterocycles. The van der Waals surface area contributed by atoms with Crippen LogP contribution in [0.15, 0.2) is 41.3 Å². The Morgan fingerprint density at radius 3 is 2.59 bits per heavy atom. The van der Waals surface area contributed by atoms with E-state index in [0.717, 1.165) is 11.1 Å². The number of rotatable bonds is 2. The molecule has 0 aliphatic heterocycles. The van der Waals surface area contributed by atoms with Gasteiger partial charge in [0.1, 0.15) is 0 Å². The van der Waals surface area contributed by atoms with Gasteiger partial charge in [-0.05, 0) is 30.2 Å². The number of hydrogen-bond donors (Lipinski definition) is 0. The van der Waals surface area contributed by atoms with E-state index >= 15 is 0 Å². The maximum atomic E-state index is 11.6. The average Bonchev–Trinajstić information content (AvgIpc) is 2.29. The van der Waals surface area contributed by atoms with Crippen molar-refractivity contribution in [3.8, 4) is 0 Å². The van der Waals surface area contributed by atoms with Gasteiger partial charge < -0.3 is 4.57 Å². The fourth-order valence-electron chi connectivity index (χ4n) is 1.61. The summed E-state index contributed by atoms with van der Waals surface area (Å²) in [5.41, 5.74) is 1.97. The van der Waals surface area contributed by atoms with E-state index < -0.39 is 0 Å². The van der Waals surface area contributed by atoms with Crippen molar-refractivity contribution in [3.63, 3.8) is 0 Å². The molecule has 1 aromatic carbocycles. The minimum atomic E-state index is -0.0262. The number of benzene rings is 1. The maximum absolute atomic E-state index is 11.6. The minimum Gasteiger partial charge on any atom is -0.311 e. The van der Waals surface area contributed by atoms with Crippen molar-refractivity contribution in [1.82, 2.24) is 4.57 Å². The number of aryl methyl sites for hydroxylation is 1. The van der Waals surface area contributed by atoms with Gasteiger partial charge in [0.25, 0.3) is 5.56 Å². The molecule has 0 bridgehead atoms. The van der Waals surface area contributed by atoms with Crippen LogP contribution in [0.1, 0.15) is 11.1 Å². The lowest BCUT2D eigenvalue weighted by Gasteiger charge is -2.07. The number of halogens is 2. The Morgan fingerprint density at radius 1 is 1.12 bits per heavy atom. The van der Waals surface area contributed by atoms with Gasteiger partial charge in [0.15, 0.2) is 0 Å². The van der Waals surface area contributed by atoms with Gasteiger partial charge in [0.2, 0.25) is 0 Å². The molecular formula is C13H11Cl2NO. The summed E-state index contributed by atoms with van der Waals surface area (Å²) in [5.74, 6) is 0. The van der Waals surface area contributed by atoms with Crippen molar-refractivity contribution in [1.29, 1.82) is 0 Å². The average molecular weight is 268 g/mol. The Morgan fingerprint density at radius 2 is 1.88 bits per heavy atom. The first-order valence-electron chi connectivity index (χ1n) is 5.17. The molecule has 0 spiro atoms. The molecule has 0 aliphatic carbocycles. The van der Waals surface area contributed by atoms with E-state index in [2.05, 4.69) is 0 Å². The SMILES string of the molecule is Cc1ccc(=O)n(Cc2ccc(Cl)c(Cl)c2)c1. The highest BCUT2D eigenvalue weighted by Gasteiger charge is 2.02. The molecule has 1 aromatic heterocycles. The number of nitrogens with zero attached hydrogens (tertiary/aromatic N) is 1. The van der Waals surface area contributed by atoms with Gasteiger partial charge in [0, 0.05) is 12.3 Å². The first-order valence-corrected chi connectivity index (χ1v) is 5.93. The van der Waals surface area contributed by atoms with Crippen LogP contribution in [0, 0.1) is 6.92 Å². The zero-order chi connectivity index (χ0) is 12.4. The van der Waals surface area contributed by atoms with Crippen LogP contribution in [-0.2, 0) is 6.54 Å². The van der Waals surface area contributed by atoms with E-state index in [9.17, 15) is 4.79 Å². The standard InChI is InChI=1S/C13H11Cl2NO/c1-9-2-5-13(17)16(7-9)8-10-3-4-11(14)12(15)6-10/h2-7H,8H2,1H3. The van der Waals surface area contributed by atoms with E-state index in [-0.39, 0.29) is 5.56 Å². The Hall–Kier alpha value is -1.25. The number of aromatic nitrogens is 1. The number of pyridine rings is 1. The Labute approximate surface area is 109 Å². The summed E-state index contributed by atoms with van der Waals surface area (Å²) in [6.45, 7) is 2.45. The highest BCUT2D eigenvalue weighted by atomic mass is 35.5. The van der Waals surface area contributed by atoms with Crippen molar-refractivity contribution < 1.29 is 0 Å². The summed E-state index contributed by atoms with van der Waals surface area (Å²) in [6.07, 6.45) is 1.82. The second-order valence-electron chi connectivity index (χ2n) is 3.92. The monoisotopic (exact) mass is 267 g/mol. The third-order valence-corrected chi connectivity index (χ3v) is 3.21. The van der Waals surface area contributed by atoms with Gasteiger partial charge in [0.05, 0.1) is 16.6 Å². The predicted octanol–water partition coefficient (Wildman–Crippen LogP) is 3.51. The molecule has 0 saturated heterocycles. The molecule has 2 aromatic rings. The molecule has 4 heteroatoms. The first kappa shape index (κ1) is 12.2. The molecule has 0 atom stereocenters. The van der Waals surface area contributed by atoms with Crippen LogP contribution in [0.3, 0.4) is 0 Å². The summed E-state index contributed by atoms with van der Waals surface area (Å²) in [4.78, 5) is 11.6. The third kappa shape index (κ3) is 2.90. The Kier molecular flexibility index (Phi) is 3.55. The van der Waals surface area contributed by atoms with Gasteiger partial charge in [-0.15, -0.1) is 0 Å². The summed E-state index contributed by atoms with van der Waals surface area (Å²) >= 11 is 11.8. The lowest BCUT2D eigenvalue weighted by atomic mass is 10.2. The third-order valence-electron chi connectivity index (χ3n) is 2.47. The smallest absolute Gasteiger partial charge is 0.250 e. The van der Waals surface area contributed by atoms with Gasteiger partial charge in [-0.3, -0.25) is 4.79 Å². The van der Waals surface area contributed by atoms with E-state index in [1.54, 1.807) is 28.8 Å². The molecule has 0 fully saturated rings. The molecule has 88 valence electrons. The highest BCUT2D eigenvalue weighted by molar-refractivity contribution is 6.42.